The minimum atomic E-state index is -0.934. The van der Waals surface area contributed by atoms with Crippen LogP contribution < -0.4 is 0 Å². The lowest BCUT2D eigenvalue weighted by Crippen LogP contribution is -2.55. The Kier molecular flexibility index (Phi) is 5.05. The first kappa shape index (κ1) is 16.0. The zero-order chi connectivity index (χ0) is 15.6. The number of nitrogens with zero attached hydrogens (tertiary/aromatic N) is 2. The number of aliphatic hydroxyl groups excluding tert-OH is 1. The van der Waals surface area contributed by atoms with Crippen LogP contribution in [-0.2, 0) is 9.53 Å². The molecule has 2 fully saturated rings. The second kappa shape index (κ2) is 6.62. The molecule has 0 radical (unpaired) electrons. The van der Waals surface area contributed by atoms with Gasteiger partial charge in [-0.2, -0.15) is 0 Å². The zero-order valence-corrected chi connectivity index (χ0v) is 12.6. The maximum atomic E-state index is 12.6. The predicted molar refractivity (Wildman–Crippen MR) is 74.9 cm³/mol. The number of hydrogen-bond donors (Lipinski definition) is 2. The molecule has 2 heterocycles. The number of carboxylic acid groups (broad SMARTS) is 1. The van der Waals surface area contributed by atoms with Gasteiger partial charge in [-0.1, -0.05) is 6.92 Å². The first-order valence-electron chi connectivity index (χ1n) is 7.49. The Bertz CT molecular complexity index is 403. The van der Waals surface area contributed by atoms with Gasteiger partial charge in [-0.3, -0.25) is 4.79 Å². The van der Waals surface area contributed by atoms with Gasteiger partial charge in [0.1, 0.15) is 5.92 Å². The molecule has 0 spiro atoms. The molecule has 0 saturated carbocycles. The molecule has 2 rings (SSSR count). The summed E-state index contributed by atoms with van der Waals surface area (Å²) in [7, 11) is 0. The summed E-state index contributed by atoms with van der Waals surface area (Å²) < 4.78 is 5.25. The molecular weight excluding hydrogens is 276 g/mol. The van der Waals surface area contributed by atoms with E-state index >= 15 is 0 Å². The number of urea groups is 1. The van der Waals surface area contributed by atoms with Gasteiger partial charge in [0.2, 0.25) is 0 Å². The number of aliphatic carboxylic acids is 1. The lowest BCUT2D eigenvalue weighted by molar-refractivity contribution is -0.142. The van der Waals surface area contributed by atoms with Crippen LogP contribution in [0.2, 0.25) is 0 Å². The Balaban J connectivity index is 2.06. The normalized spacial score (nSPS) is 33.0. The number of carbonyl (C=O) groups excluding carboxylic acids is 1. The van der Waals surface area contributed by atoms with Gasteiger partial charge in [-0.25, -0.2) is 4.79 Å². The number of piperidine rings is 1. The number of hydrogen-bond acceptors (Lipinski definition) is 4. The fourth-order valence-electron chi connectivity index (χ4n) is 3.00. The van der Waals surface area contributed by atoms with E-state index in [4.69, 9.17) is 4.74 Å². The van der Waals surface area contributed by atoms with E-state index in [9.17, 15) is 19.8 Å². The van der Waals surface area contributed by atoms with E-state index < -0.39 is 24.0 Å². The highest BCUT2D eigenvalue weighted by atomic mass is 16.5. The summed E-state index contributed by atoms with van der Waals surface area (Å²) in [4.78, 5) is 27.1. The summed E-state index contributed by atoms with van der Waals surface area (Å²) in [6.07, 6.45) is 0.241. The standard InChI is InChI=1S/C14H24N2O5/c1-3-16(11-8-21-7-10(11)13(18)19)14(20)15-5-4-9(2)12(17)6-15/h9-12,17H,3-8H2,1-2H3,(H,18,19). The molecule has 0 aromatic rings. The van der Waals surface area contributed by atoms with Crippen LogP contribution in [0, 0.1) is 11.8 Å². The van der Waals surface area contributed by atoms with Crippen LogP contribution >= 0.6 is 0 Å². The van der Waals surface area contributed by atoms with Gasteiger partial charge in [0.15, 0.2) is 0 Å². The van der Waals surface area contributed by atoms with E-state index in [2.05, 4.69) is 0 Å². The molecule has 2 aliphatic heterocycles. The molecule has 4 unspecified atom stereocenters. The molecule has 0 bridgehead atoms. The predicted octanol–water partition coefficient (Wildman–Crippen LogP) is 0.231. The summed E-state index contributed by atoms with van der Waals surface area (Å²) >= 11 is 0. The van der Waals surface area contributed by atoms with Crippen LogP contribution in [-0.4, -0.2) is 77.0 Å². The number of carboxylic acids is 1. The van der Waals surface area contributed by atoms with Gasteiger partial charge >= 0.3 is 12.0 Å². The molecule has 7 heteroatoms. The van der Waals surface area contributed by atoms with Crippen molar-refractivity contribution in [2.75, 3.05) is 32.8 Å². The van der Waals surface area contributed by atoms with E-state index in [0.717, 1.165) is 6.42 Å². The average molecular weight is 300 g/mol. The number of amides is 2. The lowest BCUT2D eigenvalue weighted by Gasteiger charge is -2.39. The minimum absolute atomic E-state index is 0.142. The van der Waals surface area contributed by atoms with Crippen molar-refractivity contribution in [1.82, 2.24) is 9.80 Å². The van der Waals surface area contributed by atoms with Crippen molar-refractivity contribution in [3.63, 3.8) is 0 Å². The van der Waals surface area contributed by atoms with Crippen LogP contribution in [0.1, 0.15) is 20.3 Å². The Morgan fingerprint density at radius 3 is 2.67 bits per heavy atom. The van der Waals surface area contributed by atoms with Crippen molar-refractivity contribution >= 4 is 12.0 Å². The second-order valence-electron chi connectivity index (χ2n) is 5.90. The third kappa shape index (κ3) is 3.29. The van der Waals surface area contributed by atoms with Gasteiger partial charge in [0, 0.05) is 19.6 Å². The quantitative estimate of drug-likeness (QED) is 0.779. The molecule has 7 nitrogen and oxygen atoms in total. The number of aliphatic hydroxyl groups is 1. The van der Waals surface area contributed by atoms with E-state index in [1.165, 1.54) is 0 Å². The Labute approximate surface area is 124 Å². The van der Waals surface area contributed by atoms with E-state index in [-0.39, 0.29) is 25.2 Å². The summed E-state index contributed by atoms with van der Waals surface area (Å²) in [5.74, 6) is -1.43. The van der Waals surface area contributed by atoms with Crippen LogP contribution in [0.15, 0.2) is 0 Å². The van der Waals surface area contributed by atoms with Crippen molar-refractivity contribution in [2.24, 2.45) is 11.8 Å². The molecule has 4 atom stereocenters. The van der Waals surface area contributed by atoms with Gasteiger partial charge in [-0.15, -0.1) is 0 Å². The van der Waals surface area contributed by atoms with Gasteiger partial charge in [0.05, 0.1) is 25.4 Å². The Morgan fingerprint density at radius 1 is 1.38 bits per heavy atom. The summed E-state index contributed by atoms with van der Waals surface area (Å²) in [6.45, 7) is 5.53. The number of likely N-dealkylation sites (N-methyl/N-ethyl adjacent to an activating group) is 1. The topological polar surface area (TPSA) is 90.3 Å². The molecule has 0 aliphatic carbocycles. The van der Waals surface area contributed by atoms with Crippen molar-refractivity contribution < 1.29 is 24.5 Å². The van der Waals surface area contributed by atoms with Crippen LogP contribution in [0.25, 0.3) is 0 Å². The smallest absolute Gasteiger partial charge is 0.320 e. The molecule has 2 amide bonds. The van der Waals surface area contributed by atoms with Gasteiger partial charge in [0.25, 0.3) is 0 Å². The van der Waals surface area contributed by atoms with E-state index in [1.54, 1.807) is 9.80 Å². The average Bonchev–Trinajstić information content (AvgIpc) is 2.92. The zero-order valence-electron chi connectivity index (χ0n) is 12.6. The van der Waals surface area contributed by atoms with Crippen LogP contribution in [0.5, 0.6) is 0 Å². The van der Waals surface area contributed by atoms with Crippen molar-refractivity contribution in [2.45, 2.75) is 32.4 Å². The van der Waals surface area contributed by atoms with E-state index in [1.807, 2.05) is 13.8 Å². The first-order chi connectivity index (χ1) is 9.95. The lowest BCUT2D eigenvalue weighted by atomic mass is 9.96. The highest BCUT2D eigenvalue weighted by molar-refractivity contribution is 5.77. The Morgan fingerprint density at radius 2 is 2.10 bits per heavy atom. The summed E-state index contributed by atoms with van der Waals surface area (Å²) in [5, 5.41) is 19.2. The van der Waals surface area contributed by atoms with Crippen LogP contribution in [0.4, 0.5) is 4.79 Å². The molecule has 2 N–H and O–H groups in total. The Hall–Kier alpha value is -1.34. The molecular formula is C14H24N2O5. The van der Waals surface area contributed by atoms with Crippen molar-refractivity contribution in [3.8, 4) is 0 Å². The SMILES string of the molecule is CCN(C(=O)N1CCC(C)C(O)C1)C1COCC1C(=O)O. The molecule has 0 aromatic heterocycles. The van der Waals surface area contributed by atoms with Crippen molar-refractivity contribution in [3.05, 3.63) is 0 Å². The molecule has 0 aromatic carbocycles. The summed E-state index contributed by atoms with van der Waals surface area (Å²) in [6, 6.07) is -0.637. The summed E-state index contributed by atoms with van der Waals surface area (Å²) in [5.41, 5.74) is 0. The second-order valence-corrected chi connectivity index (χ2v) is 5.90. The molecule has 21 heavy (non-hydrogen) atoms. The highest BCUT2D eigenvalue weighted by Crippen LogP contribution is 2.23. The largest absolute Gasteiger partial charge is 0.481 e. The fourth-order valence-corrected chi connectivity index (χ4v) is 3.00. The van der Waals surface area contributed by atoms with Crippen molar-refractivity contribution in [1.29, 1.82) is 0 Å². The molecule has 2 aliphatic rings. The molecule has 2 saturated heterocycles. The number of ether oxygens (including phenoxy) is 1. The van der Waals surface area contributed by atoms with Gasteiger partial charge in [-0.05, 0) is 19.3 Å². The maximum Gasteiger partial charge on any atom is 0.320 e. The number of rotatable bonds is 3. The third-order valence-electron chi connectivity index (χ3n) is 4.54. The number of β-amino-alcohol motifs (C(OH)–C–C–N with tert-alkyl or cyclic N) is 1. The monoisotopic (exact) mass is 300 g/mol. The molecule has 120 valence electrons. The van der Waals surface area contributed by atoms with E-state index in [0.29, 0.717) is 19.6 Å². The number of likely N-dealkylation sites (tertiary alicyclic amines) is 1. The number of carbonyl (C=O) groups is 2. The van der Waals surface area contributed by atoms with Crippen LogP contribution in [0.3, 0.4) is 0 Å². The maximum absolute atomic E-state index is 12.6. The third-order valence-corrected chi connectivity index (χ3v) is 4.54. The first-order valence-corrected chi connectivity index (χ1v) is 7.49. The highest BCUT2D eigenvalue weighted by Gasteiger charge is 2.41. The van der Waals surface area contributed by atoms with Gasteiger partial charge < -0.3 is 24.7 Å². The minimum Gasteiger partial charge on any atom is -0.481 e. The fraction of sp³-hybridized carbons (Fsp3) is 0.857.